The first-order valence-electron chi connectivity index (χ1n) is 9.39. The highest BCUT2D eigenvalue weighted by Gasteiger charge is 2.05. The first-order chi connectivity index (χ1) is 12.9. The molecule has 6 N–H and O–H groups in total. The molecule has 0 bridgehead atoms. The van der Waals surface area contributed by atoms with Crippen LogP contribution in [0.4, 0.5) is 16.2 Å². The summed E-state index contributed by atoms with van der Waals surface area (Å²) in [7, 11) is 0. The Balaban J connectivity index is 2.70. The van der Waals surface area contributed by atoms with Gasteiger partial charge in [-0.2, -0.15) is 0 Å². The number of hydrazine groups is 1. The van der Waals surface area contributed by atoms with Crippen molar-refractivity contribution in [2.45, 2.75) is 53.4 Å². The van der Waals surface area contributed by atoms with Crippen molar-refractivity contribution in [3.63, 3.8) is 0 Å². The molecular formula is C21H33N5O. The van der Waals surface area contributed by atoms with Gasteiger partial charge in [-0.05, 0) is 63.5 Å². The summed E-state index contributed by atoms with van der Waals surface area (Å²) >= 11 is 0. The number of amides is 2. The van der Waals surface area contributed by atoms with Crippen LogP contribution in [0.5, 0.6) is 0 Å². The van der Waals surface area contributed by atoms with Gasteiger partial charge in [0.15, 0.2) is 0 Å². The molecule has 0 atom stereocenters. The van der Waals surface area contributed by atoms with Crippen molar-refractivity contribution in [3.8, 4) is 0 Å². The number of nitrogens with zero attached hydrogens (tertiary/aromatic N) is 1. The van der Waals surface area contributed by atoms with E-state index in [0.717, 1.165) is 48.3 Å². The minimum absolute atomic E-state index is 0.284. The highest BCUT2D eigenvalue weighted by atomic mass is 16.2. The van der Waals surface area contributed by atoms with Crippen LogP contribution in [0.3, 0.4) is 0 Å². The van der Waals surface area contributed by atoms with Crippen LogP contribution in [-0.2, 0) is 0 Å². The standard InChI is InChI=1S/C21H33N5O/c1-5-7-9-17(22)15-26(23)19-13-11-18(12-14-19)24-21(27)25-20(16(3)4)10-8-6-2/h8,10-15H,5-7,9,22-23H2,1-4H3,(H2,24,25,27)/b10-8-,17-15-. The van der Waals surface area contributed by atoms with Crippen molar-refractivity contribution in [1.82, 2.24) is 5.32 Å². The van der Waals surface area contributed by atoms with Crippen LogP contribution < -0.4 is 27.2 Å². The van der Waals surface area contributed by atoms with Gasteiger partial charge in [0.2, 0.25) is 0 Å². The van der Waals surface area contributed by atoms with Crippen LogP contribution in [0.25, 0.3) is 0 Å². The lowest BCUT2D eigenvalue weighted by molar-refractivity contribution is 0.254. The smallest absolute Gasteiger partial charge is 0.323 e. The second-order valence-electron chi connectivity index (χ2n) is 6.57. The van der Waals surface area contributed by atoms with Crippen LogP contribution in [0.15, 0.2) is 59.6 Å². The molecule has 1 aromatic carbocycles. The fraction of sp³-hybridized carbons (Fsp3) is 0.381. The van der Waals surface area contributed by atoms with Gasteiger partial charge in [0.05, 0.1) is 5.69 Å². The molecule has 0 aliphatic carbocycles. The summed E-state index contributed by atoms with van der Waals surface area (Å²) in [6.07, 6.45) is 9.51. The number of allylic oxidation sites excluding steroid dienone is 4. The molecule has 6 nitrogen and oxygen atoms in total. The molecule has 0 heterocycles. The highest BCUT2D eigenvalue weighted by Crippen LogP contribution is 2.17. The summed E-state index contributed by atoms with van der Waals surface area (Å²) in [5.74, 6) is 6.03. The van der Waals surface area contributed by atoms with E-state index < -0.39 is 0 Å². The van der Waals surface area contributed by atoms with E-state index in [1.54, 1.807) is 18.3 Å². The van der Waals surface area contributed by atoms with Gasteiger partial charge in [0.1, 0.15) is 0 Å². The summed E-state index contributed by atoms with van der Waals surface area (Å²) < 4.78 is 0. The normalized spacial score (nSPS) is 11.4. The third-order valence-corrected chi connectivity index (χ3v) is 3.85. The Bertz CT molecular complexity index is 685. The summed E-state index contributed by atoms with van der Waals surface area (Å²) in [6, 6.07) is 6.98. The summed E-state index contributed by atoms with van der Waals surface area (Å²) in [4.78, 5) is 12.2. The van der Waals surface area contributed by atoms with Crippen molar-refractivity contribution in [3.05, 3.63) is 59.6 Å². The van der Waals surface area contributed by atoms with E-state index in [0.29, 0.717) is 5.69 Å². The molecule has 2 amide bonds. The maximum absolute atomic E-state index is 12.2. The molecule has 148 valence electrons. The molecule has 0 radical (unpaired) electrons. The number of carbonyl (C=O) groups excluding carboxylic acids is 1. The molecule has 0 spiro atoms. The number of urea groups is 1. The monoisotopic (exact) mass is 371 g/mol. The summed E-state index contributed by atoms with van der Waals surface area (Å²) in [5, 5.41) is 7.18. The zero-order valence-corrected chi connectivity index (χ0v) is 16.9. The number of hydrogen-bond donors (Lipinski definition) is 4. The molecule has 1 rings (SSSR count). The second-order valence-corrected chi connectivity index (χ2v) is 6.57. The fourth-order valence-electron chi connectivity index (χ4n) is 2.27. The number of anilines is 2. The number of nitrogens with one attached hydrogen (secondary N) is 2. The Morgan fingerprint density at radius 2 is 1.85 bits per heavy atom. The van der Waals surface area contributed by atoms with Gasteiger partial charge in [-0.15, -0.1) is 0 Å². The van der Waals surface area contributed by atoms with Crippen LogP contribution in [-0.4, -0.2) is 6.03 Å². The predicted octanol–water partition coefficient (Wildman–Crippen LogP) is 4.74. The van der Waals surface area contributed by atoms with Gasteiger partial charge in [0.25, 0.3) is 0 Å². The summed E-state index contributed by atoms with van der Waals surface area (Å²) in [6.45, 7) is 8.09. The maximum atomic E-state index is 12.2. The number of rotatable bonds is 9. The van der Waals surface area contributed by atoms with E-state index in [2.05, 4.69) is 17.6 Å². The van der Waals surface area contributed by atoms with Crippen molar-refractivity contribution in [2.24, 2.45) is 11.6 Å². The quantitative estimate of drug-likeness (QED) is 0.286. The third kappa shape index (κ3) is 8.46. The Hall–Kier alpha value is -2.73. The van der Waals surface area contributed by atoms with Gasteiger partial charge in [-0.1, -0.05) is 31.9 Å². The van der Waals surface area contributed by atoms with Crippen molar-refractivity contribution < 1.29 is 4.79 Å². The molecular weight excluding hydrogens is 338 g/mol. The van der Waals surface area contributed by atoms with E-state index >= 15 is 0 Å². The molecule has 0 unspecified atom stereocenters. The van der Waals surface area contributed by atoms with E-state index in [1.165, 1.54) is 5.01 Å². The minimum atomic E-state index is -0.284. The van der Waals surface area contributed by atoms with Crippen LogP contribution in [0.1, 0.15) is 53.4 Å². The minimum Gasteiger partial charge on any atom is -0.401 e. The van der Waals surface area contributed by atoms with Crippen molar-refractivity contribution >= 4 is 17.4 Å². The Morgan fingerprint density at radius 3 is 2.41 bits per heavy atom. The van der Waals surface area contributed by atoms with Gasteiger partial charge in [-0.3, -0.25) is 5.01 Å². The summed E-state index contributed by atoms with van der Waals surface area (Å²) in [5.41, 5.74) is 10.0. The van der Waals surface area contributed by atoms with E-state index in [1.807, 2.05) is 45.1 Å². The lowest BCUT2D eigenvalue weighted by Crippen LogP contribution is -2.28. The Kier molecular flexibility index (Phi) is 9.75. The van der Waals surface area contributed by atoms with Gasteiger partial charge < -0.3 is 16.4 Å². The topological polar surface area (TPSA) is 96.4 Å². The average Bonchev–Trinajstić information content (AvgIpc) is 2.63. The van der Waals surface area contributed by atoms with Gasteiger partial charge >= 0.3 is 6.03 Å². The molecule has 1 aromatic rings. The first kappa shape index (κ1) is 22.3. The maximum Gasteiger partial charge on any atom is 0.323 e. The number of carbonyl (C=O) groups is 1. The molecule has 27 heavy (non-hydrogen) atoms. The second kappa shape index (κ2) is 11.8. The number of nitrogens with two attached hydrogens (primary N) is 2. The third-order valence-electron chi connectivity index (χ3n) is 3.85. The molecule has 0 fully saturated rings. The van der Waals surface area contributed by atoms with E-state index in [9.17, 15) is 4.79 Å². The molecule has 0 aromatic heterocycles. The first-order valence-corrected chi connectivity index (χ1v) is 9.39. The Morgan fingerprint density at radius 1 is 1.19 bits per heavy atom. The molecule has 0 aliphatic rings. The molecule has 0 aliphatic heterocycles. The SMILES string of the molecule is CC/C=C\C(NC(=O)Nc1ccc(N(N)/C=C(\N)CCCC)cc1)=C(C)C. The molecule has 6 heteroatoms. The van der Waals surface area contributed by atoms with Crippen LogP contribution >= 0.6 is 0 Å². The van der Waals surface area contributed by atoms with Gasteiger partial charge in [0, 0.05) is 23.3 Å². The molecule has 0 saturated carbocycles. The lowest BCUT2D eigenvalue weighted by Gasteiger charge is -2.16. The number of benzene rings is 1. The average molecular weight is 372 g/mol. The van der Waals surface area contributed by atoms with Gasteiger partial charge in [-0.25, -0.2) is 10.6 Å². The lowest BCUT2D eigenvalue weighted by atomic mass is 10.2. The van der Waals surface area contributed by atoms with E-state index in [-0.39, 0.29) is 6.03 Å². The van der Waals surface area contributed by atoms with Crippen molar-refractivity contribution in [1.29, 1.82) is 0 Å². The molecule has 0 saturated heterocycles. The zero-order chi connectivity index (χ0) is 20.2. The number of unbranched alkanes of at least 4 members (excludes halogenated alkanes) is 1. The zero-order valence-electron chi connectivity index (χ0n) is 16.9. The largest absolute Gasteiger partial charge is 0.401 e. The predicted molar refractivity (Wildman–Crippen MR) is 115 cm³/mol. The highest BCUT2D eigenvalue weighted by molar-refractivity contribution is 5.91. The van der Waals surface area contributed by atoms with E-state index in [4.69, 9.17) is 11.6 Å². The van der Waals surface area contributed by atoms with Crippen LogP contribution in [0, 0.1) is 0 Å². The number of hydrogen-bond acceptors (Lipinski definition) is 4. The Labute approximate surface area is 163 Å². The van der Waals surface area contributed by atoms with Crippen molar-refractivity contribution in [2.75, 3.05) is 10.3 Å². The fourth-order valence-corrected chi connectivity index (χ4v) is 2.27. The van der Waals surface area contributed by atoms with Crippen LogP contribution in [0.2, 0.25) is 0 Å².